The van der Waals surface area contributed by atoms with E-state index >= 15 is 0 Å². The summed E-state index contributed by atoms with van der Waals surface area (Å²) in [4.78, 5) is 6.48. The predicted molar refractivity (Wildman–Crippen MR) is 164 cm³/mol. The molecule has 39 heavy (non-hydrogen) atoms. The Morgan fingerprint density at radius 3 is 2.03 bits per heavy atom. The zero-order chi connectivity index (χ0) is 26.0. The van der Waals surface area contributed by atoms with E-state index in [2.05, 4.69) is 132 Å². The molecule has 4 aromatic carbocycles. The zero-order valence-electron chi connectivity index (χ0n) is 21.7. The second kappa shape index (κ2) is 10.5. The highest BCUT2D eigenvalue weighted by molar-refractivity contribution is 7.19. The molecular formula is C35H29N3S. The normalized spacial score (nSPS) is 19.6. The number of benzene rings is 4. The van der Waals surface area contributed by atoms with Gasteiger partial charge in [-0.05, 0) is 47.6 Å². The van der Waals surface area contributed by atoms with Gasteiger partial charge in [-0.15, -0.1) is 0 Å². The number of anilines is 1. The molecule has 1 saturated carbocycles. The van der Waals surface area contributed by atoms with E-state index in [0.29, 0.717) is 5.92 Å². The Hall–Kier alpha value is -4.28. The van der Waals surface area contributed by atoms with Gasteiger partial charge in [-0.2, -0.15) is 5.10 Å². The first-order chi connectivity index (χ1) is 19.3. The minimum absolute atomic E-state index is 0.124. The number of fused-ring (bicyclic) bond motifs is 1. The molecule has 0 spiro atoms. The van der Waals surface area contributed by atoms with Gasteiger partial charge >= 0.3 is 0 Å². The highest BCUT2D eigenvalue weighted by Crippen LogP contribution is 2.49. The number of rotatable bonds is 5. The van der Waals surface area contributed by atoms with Crippen LogP contribution in [0.2, 0.25) is 0 Å². The lowest BCUT2D eigenvalue weighted by atomic mass is 9.77. The van der Waals surface area contributed by atoms with Gasteiger partial charge in [-0.25, -0.2) is 9.99 Å². The first-order valence-corrected chi connectivity index (χ1v) is 14.5. The number of aromatic nitrogens is 1. The number of hydrogen-bond donors (Lipinski definition) is 0. The lowest BCUT2D eigenvalue weighted by molar-refractivity contribution is 0.487. The molecular weight excluding hydrogens is 494 g/mol. The lowest BCUT2D eigenvalue weighted by Gasteiger charge is -2.29. The first-order valence-electron chi connectivity index (χ1n) is 13.7. The van der Waals surface area contributed by atoms with Crippen molar-refractivity contribution in [2.24, 2.45) is 11.0 Å². The Labute approximate surface area is 233 Å². The van der Waals surface area contributed by atoms with Gasteiger partial charge in [-0.3, -0.25) is 0 Å². The highest BCUT2D eigenvalue weighted by atomic mass is 32.1. The van der Waals surface area contributed by atoms with Crippen LogP contribution in [0.4, 0.5) is 5.13 Å². The highest BCUT2D eigenvalue weighted by Gasteiger charge is 2.43. The van der Waals surface area contributed by atoms with E-state index in [0.717, 1.165) is 29.2 Å². The van der Waals surface area contributed by atoms with Crippen molar-refractivity contribution in [3.8, 4) is 21.7 Å². The largest absolute Gasteiger partial charge is 0.231 e. The van der Waals surface area contributed by atoms with Gasteiger partial charge in [0.1, 0.15) is 0 Å². The molecule has 190 valence electrons. The van der Waals surface area contributed by atoms with Crippen molar-refractivity contribution in [2.45, 2.75) is 25.3 Å². The van der Waals surface area contributed by atoms with Crippen LogP contribution < -0.4 is 5.01 Å². The van der Waals surface area contributed by atoms with Crippen LogP contribution in [0.5, 0.6) is 0 Å². The maximum Gasteiger partial charge on any atom is 0.207 e. The molecule has 0 unspecified atom stereocenters. The van der Waals surface area contributed by atoms with Crippen molar-refractivity contribution in [3.63, 3.8) is 0 Å². The van der Waals surface area contributed by atoms with E-state index in [-0.39, 0.29) is 6.04 Å². The summed E-state index contributed by atoms with van der Waals surface area (Å²) in [5.41, 5.74) is 8.43. The molecule has 1 aliphatic heterocycles. The Morgan fingerprint density at radius 2 is 1.33 bits per heavy atom. The third-order valence-corrected chi connectivity index (χ3v) is 8.77. The van der Waals surface area contributed by atoms with E-state index in [1.807, 2.05) is 0 Å². The van der Waals surface area contributed by atoms with Gasteiger partial charge in [0.25, 0.3) is 0 Å². The first kappa shape index (κ1) is 23.8. The predicted octanol–water partition coefficient (Wildman–Crippen LogP) is 9.28. The van der Waals surface area contributed by atoms with Gasteiger partial charge < -0.3 is 0 Å². The molecule has 5 aromatic rings. The van der Waals surface area contributed by atoms with Crippen LogP contribution in [0.1, 0.15) is 36.4 Å². The van der Waals surface area contributed by atoms with Gasteiger partial charge in [0.15, 0.2) is 0 Å². The molecule has 7 rings (SSSR count). The van der Waals surface area contributed by atoms with Crippen molar-refractivity contribution in [3.05, 3.63) is 138 Å². The van der Waals surface area contributed by atoms with Crippen molar-refractivity contribution >= 4 is 28.3 Å². The molecule has 0 N–H and O–H groups in total. The molecule has 1 aromatic heterocycles. The second-order valence-corrected chi connectivity index (χ2v) is 11.1. The summed E-state index contributed by atoms with van der Waals surface area (Å²) < 4.78 is 0. The smallest absolute Gasteiger partial charge is 0.207 e. The lowest BCUT2D eigenvalue weighted by Crippen LogP contribution is -2.28. The van der Waals surface area contributed by atoms with Crippen LogP contribution in [0, 0.1) is 5.92 Å². The molecule has 2 atom stereocenters. The molecule has 3 nitrogen and oxygen atoms in total. The van der Waals surface area contributed by atoms with E-state index in [1.165, 1.54) is 39.3 Å². The molecule has 2 aliphatic rings. The van der Waals surface area contributed by atoms with Crippen LogP contribution >= 0.6 is 11.3 Å². The standard InChI is InChI=1S/C35H29N3S/c1-5-14-25(15-6-1)24-29-22-13-23-30-31(29)37-38(33(30)27-18-9-3-10-19-27)35-36-32(26-16-7-2-8-17-26)34(39-35)28-20-11-4-12-21-28/h1-12,14-21,24,30,33H,13,22-23H2/b29-24+/t30-,33-/m0/s1. The summed E-state index contributed by atoms with van der Waals surface area (Å²) in [6.45, 7) is 0. The van der Waals surface area contributed by atoms with Crippen molar-refractivity contribution in [1.29, 1.82) is 0 Å². The molecule has 1 fully saturated rings. The van der Waals surface area contributed by atoms with Crippen molar-refractivity contribution in [2.75, 3.05) is 5.01 Å². The minimum atomic E-state index is 0.124. The Balaban J connectivity index is 1.38. The van der Waals surface area contributed by atoms with Crippen molar-refractivity contribution in [1.82, 2.24) is 4.98 Å². The quantitative estimate of drug-likeness (QED) is 0.230. The fourth-order valence-electron chi connectivity index (χ4n) is 5.88. The Bertz CT molecular complexity index is 1570. The zero-order valence-corrected chi connectivity index (χ0v) is 22.5. The molecule has 2 heterocycles. The number of hydrogen-bond acceptors (Lipinski definition) is 4. The van der Waals surface area contributed by atoms with Gasteiger partial charge in [-0.1, -0.05) is 133 Å². The second-order valence-electron chi connectivity index (χ2n) is 10.2. The van der Waals surface area contributed by atoms with E-state index in [9.17, 15) is 0 Å². The molecule has 0 amide bonds. The van der Waals surface area contributed by atoms with E-state index in [1.54, 1.807) is 11.3 Å². The third kappa shape index (κ3) is 4.62. The number of hydrazone groups is 1. The number of allylic oxidation sites excluding steroid dienone is 1. The van der Waals surface area contributed by atoms with Crippen LogP contribution in [0.3, 0.4) is 0 Å². The number of nitrogens with zero attached hydrogens (tertiary/aromatic N) is 3. The van der Waals surface area contributed by atoms with Crippen LogP contribution in [0.15, 0.2) is 132 Å². The van der Waals surface area contributed by atoms with E-state index < -0.39 is 0 Å². The topological polar surface area (TPSA) is 28.5 Å². The molecule has 0 bridgehead atoms. The maximum atomic E-state index is 5.39. The Kier molecular flexibility index (Phi) is 6.39. The van der Waals surface area contributed by atoms with Crippen LogP contribution in [-0.2, 0) is 0 Å². The monoisotopic (exact) mass is 523 g/mol. The van der Waals surface area contributed by atoms with Gasteiger partial charge in [0.2, 0.25) is 5.13 Å². The maximum absolute atomic E-state index is 5.39. The summed E-state index contributed by atoms with van der Waals surface area (Å²) in [5.74, 6) is 0.334. The number of thiazole rings is 1. The summed E-state index contributed by atoms with van der Waals surface area (Å²) in [7, 11) is 0. The summed E-state index contributed by atoms with van der Waals surface area (Å²) in [6.07, 6.45) is 5.69. The summed E-state index contributed by atoms with van der Waals surface area (Å²) >= 11 is 1.74. The fraction of sp³-hybridized carbons (Fsp3) is 0.143. The van der Waals surface area contributed by atoms with Crippen molar-refractivity contribution < 1.29 is 0 Å². The summed E-state index contributed by atoms with van der Waals surface area (Å²) in [6, 6.07) is 42.8. The average Bonchev–Trinajstić information content (AvgIpc) is 3.62. The van der Waals surface area contributed by atoms with Crippen LogP contribution in [-0.4, -0.2) is 10.7 Å². The SMILES string of the molecule is C(=C1/CCC[C@H]2C1=NN(c1nc(-c3ccccc3)c(-c3ccccc3)s1)[C@H]2c1ccccc1)/c1ccccc1. The third-order valence-electron chi connectivity index (χ3n) is 7.68. The summed E-state index contributed by atoms with van der Waals surface area (Å²) in [5, 5.41) is 8.56. The fourth-order valence-corrected chi connectivity index (χ4v) is 6.96. The van der Waals surface area contributed by atoms with E-state index in [4.69, 9.17) is 10.1 Å². The molecule has 0 saturated heterocycles. The minimum Gasteiger partial charge on any atom is -0.231 e. The Morgan fingerprint density at radius 1 is 0.718 bits per heavy atom. The average molecular weight is 524 g/mol. The van der Waals surface area contributed by atoms with Gasteiger partial charge in [0, 0.05) is 11.5 Å². The van der Waals surface area contributed by atoms with Gasteiger partial charge in [0.05, 0.1) is 22.3 Å². The molecule has 0 radical (unpaired) electrons. The van der Waals surface area contributed by atoms with Crippen LogP contribution in [0.25, 0.3) is 27.8 Å². The molecule has 1 aliphatic carbocycles. The molecule has 4 heteroatoms.